The van der Waals surface area contributed by atoms with Crippen molar-refractivity contribution in [3.05, 3.63) is 11.6 Å². The standard InChI is InChI=1S/C19H26O3/c1-18-10-8-14-12(13(18)6-7-17(18)22)4-5-15-16(21)3-2-9-19(14,15)11-20/h5,12-14,20H,2-4,6-11H2,1H3/t12-,13-,14-,18-,19-/m0/s1. The van der Waals surface area contributed by atoms with Crippen LogP contribution in [0.1, 0.15) is 58.3 Å². The van der Waals surface area contributed by atoms with Gasteiger partial charge in [0.15, 0.2) is 5.78 Å². The number of allylic oxidation sites excluding steroid dienone is 1. The first kappa shape index (κ1) is 14.6. The molecule has 4 aliphatic carbocycles. The Balaban J connectivity index is 1.76. The highest BCUT2D eigenvalue weighted by Gasteiger charge is 2.60. The monoisotopic (exact) mass is 302 g/mol. The minimum absolute atomic E-state index is 0.100. The van der Waals surface area contributed by atoms with Gasteiger partial charge in [-0.2, -0.15) is 0 Å². The summed E-state index contributed by atoms with van der Waals surface area (Å²) in [5.74, 6) is 2.04. The van der Waals surface area contributed by atoms with Gasteiger partial charge in [0.1, 0.15) is 5.78 Å². The third-order valence-electron chi connectivity index (χ3n) is 7.60. The molecular formula is C19H26O3. The van der Waals surface area contributed by atoms with Crippen LogP contribution < -0.4 is 0 Å². The summed E-state index contributed by atoms with van der Waals surface area (Å²) < 4.78 is 0. The molecule has 3 fully saturated rings. The lowest BCUT2D eigenvalue weighted by molar-refractivity contribution is -0.135. The maximum absolute atomic E-state index is 12.4. The fraction of sp³-hybridized carbons (Fsp3) is 0.789. The van der Waals surface area contributed by atoms with E-state index in [0.717, 1.165) is 50.5 Å². The van der Waals surface area contributed by atoms with E-state index in [1.807, 2.05) is 0 Å². The quantitative estimate of drug-likeness (QED) is 0.810. The molecule has 0 amide bonds. The molecule has 0 aromatic rings. The molecule has 1 N–H and O–H groups in total. The second-order valence-corrected chi connectivity index (χ2v) is 8.24. The average molecular weight is 302 g/mol. The summed E-state index contributed by atoms with van der Waals surface area (Å²) in [6, 6.07) is 0. The zero-order valence-electron chi connectivity index (χ0n) is 13.4. The van der Waals surface area contributed by atoms with Crippen molar-refractivity contribution in [2.75, 3.05) is 6.61 Å². The summed E-state index contributed by atoms with van der Waals surface area (Å²) in [6.45, 7) is 2.27. The predicted octanol–water partition coefficient (Wildman–Crippen LogP) is 3.06. The number of aliphatic hydroxyl groups excluding tert-OH is 1. The molecule has 22 heavy (non-hydrogen) atoms. The molecule has 5 atom stereocenters. The van der Waals surface area contributed by atoms with Gasteiger partial charge in [0.25, 0.3) is 0 Å². The van der Waals surface area contributed by atoms with Crippen LogP contribution in [0.2, 0.25) is 0 Å². The number of carbonyl (C=O) groups excluding carboxylic acids is 2. The fourth-order valence-electron chi connectivity index (χ4n) is 6.42. The summed E-state index contributed by atoms with van der Waals surface area (Å²) in [5.41, 5.74) is 0.489. The molecule has 3 heteroatoms. The average Bonchev–Trinajstić information content (AvgIpc) is 2.83. The Morgan fingerprint density at radius 2 is 2.00 bits per heavy atom. The Morgan fingerprint density at radius 3 is 2.77 bits per heavy atom. The van der Waals surface area contributed by atoms with Gasteiger partial charge in [0.2, 0.25) is 0 Å². The van der Waals surface area contributed by atoms with E-state index < -0.39 is 0 Å². The van der Waals surface area contributed by atoms with Gasteiger partial charge >= 0.3 is 0 Å². The second-order valence-electron chi connectivity index (χ2n) is 8.24. The third kappa shape index (κ3) is 1.66. The molecule has 0 radical (unpaired) electrons. The summed E-state index contributed by atoms with van der Waals surface area (Å²) in [4.78, 5) is 24.7. The SMILES string of the molecule is C[C@]12CC[C@H]3[C@@H](CC=C4C(=O)CCC[C@@]43CO)[C@@H]1CCC2=O. The van der Waals surface area contributed by atoms with E-state index in [0.29, 0.717) is 30.0 Å². The highest BCUT2D eigenvalue weighted by Crippen LogP contribution is 2.63. The molecule has 0 aromatic heterocycles. The number of carbonyl (C=O) groups is 2. The summed E-state index contributed by atoms with van der Waals surface area (Å²) in [7, 11) is 0. The Kier molecular flexibility index (Phi) is 3.17. The van der Waals surface area contributed by atoms with Crippen molar-refractivity contribution in [3.8, 4) is 0 Å². The Labute approximate surface area is 132 Å². The van der Waals surface area contributed by atoms with Crippen LogP contribution in [0.15, 0.2) is 11.6 Å². The van der Waals surface area contributed by atoms with Gasteiger partial charge in [-0.15, -0.1) is 0 Å². The van der Waals surface area contributed by atoms with Crippen LogP contribution in [-0.4, -0.2) is 23.3 Å². The number of Topliss-reactive ketones (excluding diaryl/α,β-unsaturated/α-hetero) is 2. The van der Waals surface area contributed by atoms with Gasteiger partial charge in [0, 0.05) is 23.7 Å². The van der Waals surface area contributed by atoms with Crippen LogP contribution in [0.5, 0.6) is 0 Å². The van der Waals surface area contributed by atoms with Crippen LogP contribution in [0.25, 0.3) is 0 Å². The molecule has 3 saturated carbocycles. The Hall–Kier alpha value is -0.960. The van der Waals surface area contributed by atoms with Gasteiger partial charge in [-0.05, 0) is 61.9 Å². The van der Waals surface area contributed by atoms with Gasteiger partial charge < -0.3 is 5.11 Å². The molecule has 4 aliphatic rings. The van der Waals surface area contributed by atoms with E-state index in [-0.39, 0.29) is 23.2 Å². The number of hydrogen-bond acceptors (Lipinski definition) is 3. The van der Waals surface area contributed by atoms with Gasteiger partial charge in [0.05, 0.1) is 6.61 Å². The Bertz CT molecular complexity index is 563. The molecule has 0 spiro atoms. The van der Waals surface area contributed by atoms with E-state index >= 15 is 0 Å². The summed E-state index contributed by atoms with van der Waals surface area (Å²) >= 11 is 0. The highest BCUT2D eigenvalue weighted by molar-refractivity contribution is 5.97. The number of hydrogen-bond donors (Lipinski definition) is 1. The molecule has 0 aliphatic heterocycles. The van der Waals surface area contributed by atoms with Crippen molar-refractivity contribution in [2.45, 2.75) is 58.3 Å². The molecule has 120 valence electrons. The van der Waals surface area contributed by atoms with E-state index in [2.05, 4.69) is 13.0 Å². The van der Waals surface area contributed by atoms with E-state index in [4.69, 9.17) is 0 Å². The van der Waals surface area contributed by atoms with Gasteiger partial charge in [-0.1, -0.05) is 13.0 Å². The van der Waals surface area contributed by atoms with E-state index in [1.54, 1.807) is 0 Å². The van der Waals surface area contributed by atoms with Crippen molar-refractivity contribution in [1.82, 2.24) is 0 Å². The van der Waals surface area contributed by atoms with Crippen molar-refractivity contribution in [3.63, 3.8) is 0 Å². The molecular weight excluding hydrogens is 276 g/mol. The topological polar surface area (TPSA) is 54.4 Å². The number of ketones is 2. The van der Waals surface area contributed by atoms with Crippen LogP contribution in [0.3, 0.4) is 0 Å². The highest BCUT2D eigenvalue weighted by atomic mass is 16.3. The van der Waals surface area contributed by atoms with E-state index in [9.17, 15) is 14.7 Å². The largest absolute Gasteiger partial charge is 0.395 e. The lowest BCUT2D eigenvalue weighted by Crippen LogP contribution is -2.53. The molecule has 0 saturated heterocycles. The predicted molar refractivity (Wildman–Crippen MR) is 83.1 cm³/mol. The molecule has 0 unspecified atom stereocenters. The van der Waals surface area contributed by atoms with Gasteiger partial charge in [-0.3, -0.25) is 9.59 Å². The van der Waals surface area contributed by atoms with Gasteiger partial charge in [-0.25, -0.2) is 0 Å². The molecule has 4 rings (SSSR count). The normalized spacial score (nSPS) is 47.5. The lowest BCUT2D eigenvalue weighted by Gasteiger charge is -2.56. The first-order valence-corrected chi connectivity index (χ1v) is 8.91. The van der Waals surface area contributed by atoms with Crippen molar-refractivity contribution < 1.29 is 14.7 Å². The molecule has 0 aromatic carbocycles. The van der Waals surface area contributed by atoms with Crippen LogP contribution in [0, 0.1) is 28.6 Å². The van der Waals surface area contributed by atoms with Crippen LogP contribution in [-0.2, 0) is 9.59 Å². The number of aliphatic hydroxyl groups is 1. The first-order valence-electron chi connectivity index (χ1n) is 8.91. The minimum Gasteiger partial charge on any atom is -0.395 e. The van der Waals surface area contributed by atoms with E-state index in [1.165, 1.54) is 0 Å². The fourth-order valence-corrected chi connectivity index (χ4v) is 6.42. The third-order valence-corrected chi connectivity index (χ3v) is 7.60. The zero-order valence-corrected chi connectivity index (χ0v) is 13.4. The maximum atomic E-state index is 12.4. The maximum Gasteiger partial charge on any atom is 0.159 e. The molecule has 0 bridgehead atoms. The second kappa shape index (κ2) is 4.77. The van der Waals surface area contributed by atoms with Crippen LogP contribution in [0.4, 0.5) is 0 Å². The number of rotatable bonds is 1. The lowest BCUT2D eigenvalue weighted by atomic mass is 9.47. The number of fused-ring (bicyclic) bond motifs is 5. The molecule has 3 nitrogen and oxygen atoms in total. The minimum atomic E-state index is -0.300. The summed E-state index contributed by atoms with van der Waals surface area (Å²) in [6.07, 6.45) is 9.23. The zero-order chi connectivity index (χ0) is 15.5. The smallest absolute Gasteiger partial charge is 0.159 e. The molecule has 0 heterocycles. The summed E-state index contributed by atoms with van der Waals surface area (Å²) in [5, 5.41) is 10.2. The Morgan fingerprint density at radius 1 is 1.18 bits per heavy atom. The van der Waals surface area contributed by atoms with Crippen molar-refractivity contribution >= 4 is 11.6 Å². The first-order chi connectivity index (χ1) is 10.5. The van der Waals surface area contributed by atoms with Crippen molar-refractivity contribution in [2.24, 2.45) is 28.6 Å². The van der Waals surface area contributed by atoms with Crippen LogP contribution >= 0.6 is 0 Å². The van der Waals surface area contributed by atoms with Crippen molar-refractivity contribution in [1.29, 1.82) is 0 Å².